The van der Waals surface area contributed by atoms with E-state index < -0.39 is 0 Å². The van der Waals surface area contributed by atoms with Gasteiger partial charge >= 0.3 is 0 Å². The molecule has 176 valence electrons. The Labute approximate surface area is 210 Å². The fourth-order valence-electron chi connectivity index (χ4n) is 4.07. The Morgan fingerprint density at radius 3 is 2.76 bits per heavy atom. The fraction of sp³-hybridized carbons (Fsp3) is 0.261. The number of fused-ring (bicyclic) bond motifs is 1. The summed E-state index contributed by atoms with van der Waals surface area (Å²) in [6.07, 6.45) is 1.46. The lowest BCUT2D eigenvalue weighted by molar-refractivity contribution is 0.0985. The first kappa shape index (κ1) is 23.2. The number of amides is 1. The number of hydrogen-bond acceptors (Lipinski definition) is 7. The molecule has 2 aliphatic heterocycles. The number of nitrogens with one attached hydrogen (secondary N) is 2. The summed E-state index contributed by atoms with van der Waals surface area (Å²) < 4.78 is 14.9. The number of nitrogens with zero attached hydrogens (tertiary/aromatic N) is 4. The van der Waals surface area contributed by atoms with E-state index in [2.05, 4.69) is 32.4 Å². The van der Waals surface area contributed by atoms with E-state index in [4.69, 9.17) is 23.2 Å². The van der Waals surface area contributed by atoms with E-state index in [0.29, 0.717) is 43.6 Å². The lowest BCUT2D eigenvalue weighted by atomic mass is 10.1. The van der Waals surface area contributed by atoms with E-state index in [0.717, 1.165) is 19.6 Å². The molecule has 1 aromatic heterocycles. The standard InChI is InChI=1S/C23H21Cl2FN6OS/c1-13-10-27-7-8-31(13)19-6-5-14(9-18(19)26)29-23-28-11-15-21(30-23)34-12-32(22(15)33)20-16(24)3-2-4-17(20)25/h2-6,9,11,13,27H,7-8,10,12H2,1H3,(H,28,29,30)/t13-/m0/s1. The Morgan fingerprint density at radius 1 is 1.24 bits per heavy atom. The van der Waals surface area contributed by atoms with Crippen LogP contribution in [0, 0.1) is 5.82 Å². The molecule has 3 aromatic rings. The molecule has 0 bridgehead atoms. The van der Waals surface area contributed by atoms with E-state index in [1.807, 2.05) is 0 Å². The summed E-state index contributed by atoms with van der Waals surface area (Å²) in [5.41, 5.74) is 1.92. The molecule has 2 N–H and O–H groups in total. The van der Waals surface area contributed by atoms with Crippen molar-refractivity contribution in [3.8, 4) is 0 Å². The second-order valence-electron chi connectivity index (χ2n) is 8.03. The number of rotatable bonds is 4. The van der Waals surface area contributed by atoms with Crippen LogP contribution in [0.2, 0.25) is 10.0 Å². The predicted molar refractivity (Wildman–Crippen MR) is 135 cm³/mol. The Kier molecular flexibility index (Phi) is 6.52. The van der Waals surface area contributed by atoms with Crippen molar-refractivity contribution in [1.82, 2.24) is 15.3 Å². The van der Waals surface area contributed by atoms with Crippen molar-refractivity contribution in [3.05, 3.63) is 64.0 Å². The van der Waals surface area contributed by atoms with Crippen LogP contribution >= 0.6 is 35.0 Å². The van der Waals surface area contributed by atoms with Crippen LogP contribution in [0.5, 0.6) is 0 Å². The van der Waals surface area contributed by atoms with Gasteiger partial charge in [0, 0.05) is 37.6 Å². The Morgan fingerprint density at radius 2 is 2.03 bits per heavy atom. The summed E-state index contributed by atoms with van der Waals surface area (Å²) in [5.74, 6) is -0.00637. The summed E-state index contributed by atoms with van der Waals surface area (Å²) in [7, 11) is 0. The molecule has 2 aliphatic rings. The molecular weight excluding hydrogens is 498 g/mol. The maximum absolute atomic E-state index is 14.9. The van der Waals surface area contributed by atoms with E-state index in [1.165, 1.54) is 28.9 Å². The number of carbonyl (C=O) groups excluding carboxylic acids is 1. The molecule has 11 heteroatoms. The topological polar surface area (TPSA) is 73.4 Å². The molecule has 3 heterocycles. The van der Waals surface area contributed by atoms with Gasteiger partial charge in [0.25, 0.3) is 5.91 Å². The van der Waals surface area contributed by atoms with Crippen molar-refractivity contribution in [1.29, 1.82) is 0 Å². The van der Waals surface area contributed by atoms with Gasteiger partial charge in [0.2, 0.25) is 5.95 Å². The van der Waals surface area contributed by atoms with Crippen molar-refractivity contribution in [2.45, 2.75) is 18.0 Å². The van der Waals surface area contributed by atoms with Crippen LogP contribution in [0.15, 0.2) is 47.6 Å². The second kappa shape index (κ2) is 9.58. The summed E-state index contributed by atoms with van der Waals surface area (Å²) in [4.78, 5) is 25.4. The van der Waals surface area contributed by atoms with E-state index in [1.54, 1.807) is 30.3 Å². The average molecular weight is 519 g/mol. The molecule has 0 saturated carbocycles. The normalized spacial score (nSPS) is 18.1. The lowest BCUT2D eigenvalue weighted by Gasteiger charge is -2.36. The third-order valence-electron chi connectivity index (χ3n) is 5.78. The van der Waals surface area contributed by atoms with Gasteiger partial charge in [-0.05, 0) is 37.3 Å². The number of aromatic nitrogens is 2. The number of hydrogen-bond donors (Lipinski definition) is 2. The first-order valence-corrected chi connectivity index (χ1v) is 12.5. The first-order chi connectivity index (χ1) is 16.4. The van der Waals surface area contributed by atoms with Gasteiger partial charge in [0.15, 0.2) is 0 Å². The molecule has 0 radical (unpaired) electrons. The van der Waals surface area contributed by atoms with Crippen molar-refractivity contribution in [3.63, 3.8) is 0 Å². The molecular formula is C23H21Cl2FN6OS. The van der Waals surface area contributed by atoms with E-state index in [9.17, 15) is 9.18 Å². The highest BCUT2D eigenvalue weighted by molar-refractivity contribution is 7.99. The fourth-order valence-corrected chi connectivity index (χ4v) is 5.62. The minimum atomic E-state index is -0.312. The van der Waals surface area contributed by atoms with Crippen molar-refractivity contribution >= 4 is 63.9 Å². The molecule has 1 atom stereocenters. The quantitative estimate of drug-likeness (QED) is 0.461. The van der Waals surface area contributed by atoms with Crippen LogP contribution in [-0.2, 0) is 0 Å². The zero-order chi connectivity index (χ0) is 23.8. The van der Waals surface area contributed by atoms with Gasteiger partial charge in [0.05, 0.1) is 32.9 Å². The summed E-state index contributed by atoms with van der Waals surface area (Å²) in [6.45, 7) is 4.46. The van der Waals surface area contributed by atoms with Crippen molar-refractivity contribution in [2.24, 2.45) is 0 Å². The van der Waals surface area contributed by atoms with Crippen LogP contribution in [-0.4, -0.2) is 47.4 Å². The number of halogens is 3. The number of benzene rings is 2. The highest BCUT2D eigenvalue weighted by atomic mass is 35.5. The molecule has 0 unspecified atom stereocenters. The Bertz CT molecular complexity index is 1240. The number of anilines is 4. The van der Waals surface area contributed by atoms with E-state index >= 15 is 0 Å². The molecule has 7 nitrogen and oxygen atoms in total. The van der Waals surface area contributed by atoms with E-state index in [-0.39, 0.29) is 23.7 Å². The third kappa shape index (κ3) is 4.40. The molecule has 1 fully saturated rings. The van der Waals surface area contributed by atoms with Gasteiger partial charge in [-0.3, -0.25) is 9.69 Å². The van der Waals surface area contributed by atoms with Gasteiger partial charge in [-0.15, -0.1) is 0 Å². The molecule has 34 heavy (non-hydrogen) atoms. The third-order valence-corrected chi connectivity index (χ3v) is 7.36. The summed E-state index contributed by atoms with van der Waals surface area (Å²) in [5, 5.41) is 7.67. The molecule has 1 amide bonds. The molecule has 1 saturated heterocycles. The number of carbonyl (C=O) groups is 1. The molecule has 0 spiro atoms. The minimum Gasteiger partial charge on any atom is -0.364 e. The van der Waals surface area contributed by atoms with Gasteiger partial charge in [-0.25, -0.2) is 14.4 Å². The van der Waals surface area contributed by atoms with Gasteiger partial charge in [-0.2, -0.15) is 0 Å². The Hall–Kier alpha value is -2.59. The molecule has 5 rings (SSSR count). The van der Waals surface area contributed by atoms with Crippen molar-refractivity contribution in [2.75, 3.05) is 40.6 Å². The molecule has 2 aromatic carbocycles. The van der Waals surface area contributed by atoms with Gasteiger partial charge in [0.1, 0.15) is 10.8 Å². The zero-order valence-corrected chi connectivity index (χ0v) is 20.5. The van der Waals surface area contributed by atoms with Gasteiger partial charge < -0.3 is 15.5 Å². The van der Waals surface area contributed by atoms with Crippen LogP contribution in [0.4, 0.5) is 27.4 Å². The van der Waals surface area contributed by atoms with Crippen LogP contribution in [0.3, 0.4) is 0 Å². The summed E-state index contributed by atoms with van der Waals surface area (Å²) >= 11 is 13.9. The number of thioether (sulfide) groups is 1. The van der Waals surface area contributed by atoms with Crippen LogP contribution in [0.1, 0.15) is 17.3 Å². The highest BCUT2D eigenvalue weighted by Crippen LogP contribution is 2.39. The second-order valence-corrected chi connectivity index (χ2v) is 9.78. The number of para-hydroxylation sites is 1. The predicted octanol–water partition coefficient (Wildman–Crippen LogP) is 5.17. The van der Waals surface area contributed by atoms with Gasteiger partial charge in [-0.1, -0.05) is 41.0 Å². The SMILES string of the molecule is C[C@H]1CNCCN1c1ccc(Nc2ncc3c(n2)SCN(c2c(Cl)cccc2Cl)C3=O)cc1F. The average Bonchev–Trinajstić information content (AvgIpc) is 2.81. The first-order valence-electron chi connectivity index (χ1n) is 10.7. The maximum atomic E-state index is 14.9. The van der Waals surface area contributed by atoms with Crippen LogP contribution < -0.4 is 20.4 Å². The highest BCUT2D eigenvalue weighted by Gasteiger charge is 2.30. The van der Waals surface area contributed by atoms with Crippen LogP contribution in [0.25, 0.3) is 0 Å². The summed E-state index contributed by atoms with van der Waals surface area (Å²) in [6, 6.07) is 10.3. The Balaban J connectivity index is 1.35. The van der Waals surface area contributed by atoms with Crippen molar-refractivity contribution < 1.29 is 9.18 Å². The monoisotopic (exact) mass is 518 g/mol. The maximum Gasteiger partial charge on any atom is 0.263 e. The smallest absolute Gasteiger partial charge is 0.263 e. The zero-order valence-electron chi connectivity index (χ0n) is 18.2. The largest absolute Gasteiger partial charge is 0.364 e. The lowest BCUT2D eigenvalue weighted by Crippen LogP contribution is -2.50. The molecule has 0 aliphatic carbocycles. The number of piperazine rings is 1. The minimum absolute atomic E-state index is 0.209.